The van der Waals surface area contributed by atoms with Gasteiger partial charge in [0.2, 0.25) is 5.91 Å². The van der Waals surface area contributed by atoms with Crippen LogP contribution in [0.3, 0.4) is 0 Å². The van der Waals surface area contributed by atoms with Gasteiger partial charge in [-0.1, -0.05) is 0 Å². The normalized spacial score (nSPS) is 21.8. The summed E-state index contributed by atoms with van der Waals surface area (Å²) < 4.78 is 37.0. The lowest BCUT2D eigenvalue weighted by Gasteiger charge is -2.21. The second-order valence-corrected chi connectivity index (χ2v) is 12.6. The zero-order chi connectivity index (χ0) is 34.2. The minimum Gasteiger partial charge on any atom is -0.489 e. The Labute approximate surface area is 284 Å². The van der Waals surface area contributed by atoms with E-state index in [-0.39, 0.29) is 41.6 Å². The molecule has 4 aromatic rings. The number of amides is 1. The number of pyridine rings is 2. The Bertz CT molecular complexity index is 1720. The van der Waals surface area contributed by atoms with Crippen LogP contribution in [0.1, 0.15) is 59.8 Å². The molecule has 4 atom stereocenters. The van der Waals surface area contributed by atoms with Crippen LogP contribution in [0.25, 0.3) is 0 Å². The Morgan fingerprint density at radius 3 is 1.84 bits per heavy atom. The number of aromatic nitrogens is 2. The number of ether oxygens (including phenoxy) is 2. The summed E-state index contributed by atoms with van der Waals surface area (Å²) in [7, 11) is 0. The molecule has 8 rings (SSSR count). The Kier molecular flexibility index (Phi) is 11.1. The molecular weight excluding hydrogens is 630 g/mol. The molecule has 4 heterocycles. The molecule has 256 valence electrons. The van der Waals surface area contributed by atoms with E-state index >= 15 is 0 Å². The first-order valence-electron chi connectivity index (χ1n) is 16.8. The van der Waals surface area contributed by atoms with Crippen LogP contribution in [0, 0.1) is 11.6 Å². The topological polar surface area (TPSA) is 114 Å². The average Bonchev–Trinajstić information content (AvgIpc) is 3.94. The van der Waals surface area contributed by atoms with E-state index in [0.717, 1.165) is 74.1 Å². The molecule has 2 unspecified atom stereocenters. The van der Waals surface area contributed by atoms with Crippen LogP contribution < -0.4 is 14.8 Å². The number of carboxylic acids is 1. The van der Waals surface area contributed by atoms with Gasteiger partial charge < -0.3 is 24.8 Å². The number of aliphatic carboxylic acids is 1. The van der Waals surface area contributed by atoms with E-state index in [4.69, 9.17) is 14.6 Å². The van der Waals surface area contributed by atoms with Crippen molar-refractivity contribution in [3.05, 3.63) is 119 Å². The third kappa shape index (κ3) is 8.77. The monoisotopic (exact) mass is 670 g/mol. The largest absolute Gasteiger partial charge is 0.489 e. The molecule has 2 aromatic carbocycles. The molecule has 1 amide bonds. The maximum atomic E-state index is 12.9. The van der Waals surface area contributed by atoms with E-state index in [1.807, 2.05) is 23.2 Å². The van der Waals surface area contributed by atoms with Crippen molar-refractivity contribution in [2.45, 2.75) is 62.6 Å². The summed E-state index contributed by atoms with van der Waals surface area (Å²) in [6, 6.07) is 16.1. The molecule has 0 saturated carbocycles. The average molecular weight is 671 g/mol. The van der Waals surface area contributed by atoms with Crippen LogP contribution in [-0.2, 0) is 22.4 Å². The van der Waals surface area contributed by atoms with Gasteiger partial charge in [-0.05, 0) is 122 Å². The second kappa shape index (κ2) is 16.0. The fourth-order valence-electron chi connectivity index (χ4n) is 6.76. The molecule has 2 fully saturated rings. The first kappa shape index (κ1) is 34.0. The molecule has 2 aromatic heterocycles. The van der Waals surface area contributed by atoms with E-state index in [1.165, 1.54) is 29.8 Å². The third-order valence-corrected chi connectivity index (χ3v) is 9.35. The minimum atomic E-state index is -0.734. The van der Waals surface area contributed by atoms with Crippen LogP contribution in [0.15, 0.2) is 85.5 Å². The number of nitrogens with zero attached hydrogens (tertiary/aromatic N) is 3. The van der Waals surface area contributed by atoms with Crippen molar-refractivity contribution < 1.29 is 33.0 Å². The number of halogens is 2. The zero-order valence-corrected chi connectivity index (χ0v) is 27.1. The Morgan fingerprint density at radius 2 is 1.29 bits per heavy atom. The van der Waals surface area contributed by atoms with Gasteiger partial charge in [-0.3, -0.25) is 19.6 Å². The predicted octanol–water partition coefficient (Wildman–Crippen LogP) is 5.69. The highest BCUT2D eigenvalue weighted by molar-refractivity contribution is 5.85. The fourth-order valence-corrected chi connectivity index (χ4v) is 6.76. The molecule has 2 aliphatic carbocycles. The summed E-state index contributed by atoms with van der Waals surface area (Å²) in [5.74, 6) is -0.0714. The van der Waals surface area contributed by atoms with Crippen LogP contribution in [0.4, 0.5) is 8.78 Å². The van der Waals surface area contributed by atoms with Gasteiger partial charge in [0.15, 0.2) is 0 Å². The first-order chi connectivity index (χ1) is 23.8. The van der Waals surface area contributed by atoms with Crippen molar-refractivity contribution in [1.82, 2.24) is 20.2 Å². The lowest BCUT2D eigenvalue weighted by atomic mass is 10.0. The maximum absolute atomic E-state index is 12.9. The number of carbonyl (C=O) groups excluding carboxylic acids is 1. The van der Waals surface area contributed by atoms with Gasteiger partial charge in [0.1, 0.15) is 35.3 Å². The number of benzene rings is 2. The van der Waals surface area contributed by atoms with Crippen LogP contribution in [0.2, 0.25) is 0 Å². The molecule has 9 nitrogen and oxygen atoms in total. The standard InChI is InChI=1S/C19H19FN2O2.C10H12FNO.C9H9NO2/c20-14-2-4-15(5-3-14)24-16-8-10-22(12-16)19(23)17-6-1-13-7-9-21-11-18(13)17;11-8-1-3-9(4-2-8)13-10-5-6-12-7-10;11-9(12)7-2-1-6-3-4-10-5-8(6)7/h2-5,7,9,11,16-17H,1,6,8,10,12H2;1-4,10,12H,5-7H2;3-5,7H,1-2H2,(H,11,12)/t16-,17?;10-;/m00./s1. The maximum Gasteiger partial charge on any atom is 0.311 e. The van der Waals surface area contributed by atoms with Gasteiger partial charge in [-0.2, -0.15) is 0 Å². The third-order valence-electron chi connectivity index (χ3n) is 9.35. The summed E-state index contributed by atoms with van der Waals surface area (Å²) in [6.45, 7) is 3.18. The van der Waals surface area contributed by atoms with Crippen LogP contribution in [0.5, 0.6) is 11.5 Å². The minimum absolute atomic E-state index is 0.0332. The number of rotatable bonds is 6. The van der Waals surface area contributed by atoms with Crippen molar-refractivity contribution in [3.8, 4) is 11.5 Å². The molecule has 0 bridgehead atoms. The number of hydrogen-bond donors (Lipinski definition) is 2. The molecule has 0 radical (unpaired) electrons. The highest BCUT2D eigenvalue weighted by atomic mass is 19.1. The number of aryl methyl sites for hydroxylation is 2. The Balaban J connectivity index is 0.000000140. The van der Waals surface area contributed by atoms with Crippen molar-refractivity contribution >= 4 is 11.9 Å². The van der Waals surface area contributed by atoms with Crippen molar-refractivity contribution in [3.63, 3.8) is 0 Å². The zero-order valence-electron chi connectivity index (χ0n) is 27.1. The quantitative estimate of drug-likeness (QED) is 0.269. The smallest absolute Gasteiger partial charge is 0.311 e. The van der Waals surface area contributed by atoms with Gasteiger partial charge in [0.25, 0.3) is 0 Å². The summed E-state index contributed by atoms with van der Waals surface area (Å²) in [4.78, 5) is 33.6. The summed E-state index contributed by atoms with van der Waals surface area (Å²) in [5.41, 5.74) is 4.34. The van der Waals surface area contributed by atoms with E-state index in [0.29, 0.717) is 18.8 Å². The van der Waals surface area contributed by atoms with Gasteiger partial charge in [0.05, 0.1) is 18.4 Å². The second-order valence-electron chi connectivity index (χ2n) is 12.6. The molecule has 2 saturated heterocycles. The molecular formula is C38H40F2N4O5. The SMILES string of the molecule is Fc1ccc(O[C@H]2CCNC2)cc1.O=C(C1CCc2ccncc21)N1CC[C@H](Oc2ccc(F)cc2)C1.O=C(O)C1CCc2ccncc21. The molecule has 11 heteroatoms. The highest BCUT2D eigenvalue weighted by Crippen LogP contribution is 2.35. The van der Waals surface area contributed by atoms with Gasteiger partial charge in [-0.25, -0.2) is 8.78 Å². The number of hydrogen-bond acceptors (Lipinski definition) is 7. The molecule has 2 N–H and O–H groups in total. The summed E-state index contributed by atoms with van der Waals surface area (Å²) in [6.07, 6.45) is 12.4. The van der Waals surface area contributed by atoms with Gasteiger partial charge >= 0.3 is 5.97 Å². The van der Waals surface area contributed by atoms with Crippen LogP contribution in [-0.4, -0.2) is 70.2 Å². The summed E-state index contributed by atoms with van der Waals surface area (Å²) >= 11 is 0. The number of carboxylic acid groups (broad SMARTS) is 1. The Morgan fingerprint density at radius 1 is 0.735 bits per heavy atom. The van der Waals surface area contributed by atoms with E-state index in [2.05, 4.69) is 15.3 Å². The number of likely N-dealkylation sites (tertiary alicyclic amines) is 1. The first-order valence-corrected chi connectivity index (χ1v) is 16.8. The predicted molar refractivity (Wildman–Crippen MR) is 179 cm³/mol. The lowest BCUT2D eigenvalue weighted by Crippen LogP contribution is -2.34. The highest BCUT2D eigenvalue weighted by Gasteiger charge is 2.36. The van der Waals surface area contributed by atoms with Crippen LogP contribution >= 0.6 is 0 Å². The van der Waals surface area contributed by atoms with Gasteiger partial charge in [-0.15, -0.1) is 0 Å². The Hall–Kier alpha value is -4.90. The molecule has 2 aliphatic heterocycles. The van der Waals surface area contributed by atoms with E-state index < -0.39 is 5.97 Å². The summed E-state index contributed by atoms with van der Waals surface area (Å²) in [5, 5.41) is 12.0. The van der Waals surface area contributed by atoms with E-state index in [1.54, 1.807) is 42.9 Å². The van der Waals surface area contributed by atoms with Crippen molar-refractivity contribution in [1.29, 1.82) is 0 Å². The number of nitrogens with one attached hydrogen (secondary N) is 1. The van der Waals surface area contributed by atoms with E-state index in [9.17, 15) is 18.4 Å². The number of fused-ring (bicyclic) bond motifs is 2. The molecule has 4 aliphatic rings. The fraction of sp³-hybridized carbons (Fsp3) is 0.368. The lowest BCUT2D eigenvalue weighted by molar-refractivity contribution is -0.138. The van der Waals surface area contributed by atoms with Gasteiger partial charge in [0, 0.05) is 44.3 Å². The number of carbonyl (C=O) groups is 2. The van der Waals surface area contributed by atoms with Crippen molar-refractivity contribution in [2.24, 2.45) is 0 Å². The molecule has 49 heavy (non-hydrogen) atoms. The molecule has 0 spiro atoms. The van der Waals surface area contributed by atoms with Crippen molar-refractivity contribution in [2.75, 3.05) is 26.2 Å².